The number of halogens is 1. The Morgan fingerprint density at radius 2 is 1.88 bits per heavy atom. The summed E-state index contributed by atoms with van der Waals surface area (Å²) in [4.78, 5) is 14.9. The van der Waals surface area contributed by atoms with Crippen molar-refractivity contribution in [1.29, 1.82) is 0 Å². The number of hydrogen-bond donors (Lipinski definition) is 2. The molecule has 1 unspecified atom stereocenters. The minimum absolute atomic E-state index is 0. The minimum atomic E-state index is 0. The van der Waals surface area contributed by atoms with E-state index >= 15 is 0 Å². The number of rotatable bonds is 5. The van der Waals surface area contributed by atoms with E-state index in [0.717, 1.165) is 25.9 Å². The fraction of sp³-hybridized carbons (Fsp3) is 0.667. The number of likely N-dealkylation sites (tertiary alicyclic amines) is 1. The van der Waals surface area contributed by atoms with Crippen molar-refractivity contribution in [1.82, 2.24) is 15.5 Å². The van der Waals surface area contributed by atoms with Crippen LogP contribution in [0.15, 0.2) is 24.3 Å². The molecule has 1 aromatic carbocycles. The number of carbonyl (C=O) groups is 1. The fourth-order valence-corrected chi connectivity index (χ4v) is 4.09. The van der Waals surface area contributed by atoms with Crippen LogP contribution < -0.4 is 10.6 Å². The molecule has 2 aliphatic rings. The molecule has 0 aromatic heterocycles. The van der Waals surface area contributed by atoms with Gasteiger partial charge in [0.2, 0.25) is 5.91 Å². The first-order valence-corrected chi connectivity index (χ1v) is 9.95. The monoisotopic (exact) mass is 379 g/mol. The van der Waals surface area contributed by atoms with Crippen molar-refractivity contribution in [3.8, 4) is 0 Å². The van der Waals surface area contributed by atoms with Gasteiger partial charge in [0.15, 0.2) is 0 Å². The van der Waals surface area contributed by atoms with Gasteiger partial charge in [-0.15, -0.1) is 12.4 Å². The molecule has 2 heterocycles. The van der Waals surface area contributed by atoms with Gasteiger partial charge in [-0.2, -0.15) is 0 Å². The number of hydrogen-bond acceptors (Lipinski definition) is 3. The van der Waals surface area contributed by atoms with Gasteiger partial charge in [0, 0.05) is 31.1 Å². The van der Waals surface area contributed by atoms with Crippen LogP contribution in [-0.2, 0) is 17.9 Å². The summed E-state index contributed by atoms with van der Waals surface area (Å²) in [6.07, 6.45) is 5.90. The van der Waals surface area contributed by atoms with E-state index in [1.54, 1.807) is 0 Å². The second-order valence-corrected chi connectivity index (χ2v) is 7.93. The molecule has 146 valence electrons. The molecular weight excluding hydrogens is 346 g/mol. The van der Waals surface area contributed by atoms with Gasteiger partial charge in [-0.3, -0.25) is 9.69 Å². The van der Waals surface area contributed by atoms with E-state index in [4.69, 9.17) is 0 Å². The maximum absolute atomic E-state index is 12.3. The van der Waals surface area contributed by atoms with Crippen LogP contribution in [0.2, 0.25) is 0 Å². The van der Waals surface area contributed by atoms with Crippen molar-refractivity contribution in [3.05, 3.63) is 35.4 Å². The Morgan fingerprint density at radius 1 is 1.15 bits per heavy atom. The number of carbonyl (C=O) groups excluding carboxylic acids is 1. The highest BCUT2D eigenvalue weighted by atomic mass is 35.5. The quantitative estimate of drug-likeness (QED) is 0.823. The molecule has 2 saturated heterocycles. The molecule has 0 saturated carbocycles. The Labute approximate surface area is 164 Å². The first-order chi connectivity index (χ1) is 12.1. The highest BCUT2D eigenvalue weighted by Crippen LogP contribution is 2.19. The van der Waals surface area contributed by atoms with Gasteiger partial charge >= 0.3 is 0 Å². The summed E-state index contributed by atoms with van der Waals surface area (Å²) in [6.45, 7) is 8.33. The van der Waals surface area contributed by atoms with E-state index in [2.05, 4.69) is 53.6 Å². The van der Waals surface area contributed by atoms with Crippen LogP contribution in [0.5, 0.6) is 0 Å². The van der Waals surface area contributed by atoms with Gasteiger partial charge in [0.1, 0.15) is 0 Å². The summed E-state index contributed by atoms with van der Waals surface area (Å²) in [5.74, 6) is 0.371. The van der Waals surface area contributed by atoms with Gasteiger partial charge in [-0.1, -0.05) is 30.7 Å². The lowest BCUT2D eigenvalue weighted by Gasteiger charge is -2.33. The standard InChI is InChI=1S/C21H33N3O.ClH/c1-16-13-20(10-11-22-16)21(25)23-14-18-6-8-19(9-7-18)15-24-12-4-3-5-17(24)2;/h6-9,16-17,20,22H,3-5,10-15H2,1-2H3,(H,23,25);1H/t16-,17?,20-;/m0./s1. The Hall–Kier alpha value is -1.10. The molecule has 4 nitrogen and oxygen atoms in total. The lowest BCUT2D eigenvalue weighted by atomic mass is 9.92. The number of piperidine rings is 2. The number of amides is 1. The van der Waals surface area contributed by atoms with Gasteiger partial charge < -0.3 is 10.6 Å². The summed E-state index contributed by atoms with van der Waals surface area (Å²) in [5, 5.41) is 6.52. The van der Waals surface area contributed by atoms with Gasteiger partial charge in [-0.05, 0) is 63.7 Å². The molecule has 0 spiro atoms. The van der Waals surface area contributed by atoms with Crippen molar-refractivity contribution in [2.45, 2.75) is 71.1 Å². The van der Waals surface area contributed by atoms with Crippen molar-refractivity contribution in [2.75, 3.05) is 13.1 Å². The SMILES string of the molecule is CC1CCCCN1Cc1ccc(CNC(=O)[C@H]2CCN[C@@H](C)C2)cc1.Cl. The molecule has 0 aliphatic carbocycles. The van der Waals surface area contributed by atoms with Crippen LogP contribution in [0.4, 0.5) is 0 Å². The summed E-state index contributed by atoms with van der Waals surface area (Å²) in [6, 6.07) is 9.90. The van der Waals surface area contributed by atoms with Crippen LogP contribution in [-0.4, -0.2) is 36.0 Å². The van der Waals surface area contributed by atoms with Gasteiger partial charge in [0.05, 0.1) is 0 Å². The molecular formula is C21H34ClN3O. The van der Waals surface area contributed by atoms with Crippen molar-refractivity contribution in [2.24, 2.45) is 5.92 Å². The molecule has 1 amide bonds. The molecule has 1 aromatic rings. The molecule has 2 N–H and O–H groups in total. The number of benzene rings is 1. The molecule has 26 heavy (non-hydrogen) atoms. The molecule has 0 radical (unpaired) electrons. The molecule has 3 rings (SSSR count). The third kappa shape index (κ3) is 5.97. The topological polar surface area (TPSA) is 44.4 Å². The normalized spacial score (nSPS) is 26.8. The lowest BCUT2D eigenvalue weighted by Crippen LogP contribution is -2.42. The average Bonchev–Trinajstić information content (AvgIpc) is 2.63. The highest BCUT2D eigenvalue weighted by Gasteiger charge is 2.24. The Morgan fingerprint density at radius 3 is 2.58 bits per heavy atom. The third-order valence-corrected chi connectivity index (χ3v) is 5.81. The zero-order valence-electron chi connectivity index (χ0n) is 16.2. The highest BCUT2D eigenvalue weighted by molar-refractivity contribution is 5.85. The maximum Gasteiger partial charge on any atom is 0.223 e. The van der Waals surface area contributed by atoms with E-state index in [9.17, 15) is 4.79 Å². The van der Waals surface area contributed by atoms with E-state index in [1.165, 1.54) is 36.9 Å². The van der Waals surface area contributed by atoms with Crippen LogP contribution in [0, 0.1) is 5.92 Å². The summed E-state index contributed by atoms with van der Waals surface area (Å²) in [7, 11) is 0. The predicted octanol–water partition coefficient (Wildman–Crippen LogP) is 3.49. The molecule has 3 atom stereocenters. The smallest absolute Gasteiger partial charge is 0.223 e. The van der Waals surface area contributed by atoms with Crippen LogP contribution >= 0.6 is 12.4 Å². The van der Waals surface area contributed by atoms with Gasteiger partial charge in [-0.25, -0.2) is 0 Å². The summed E-state index contributed by atoms with van der Waals surface area (Å²) < 4.78 is 0. The zero-order chi connectivity index (χ0) is 17.6. The fourth-order valence-electron chi connectivity index (χ4n) is 4.09. The first kappa shape index (κ1) is 21.2. The van der Waals surface area contributed by atoms with E-state index < -0.39 is 0 Å². The van der Waals surface area contributed by atoms with E-state index in [1.807, 2.05) is 0 Å². The van der Waals surface area contributed by atoms with E-state index in [0.29, 0.717) is 18.6 Å². The molecule has 5 heteroatoms. The maximum atomic E-state index is 12.3. The average molecular weight is 380 g/mol. The van der Waals surface area contributed by atoms with Gasteiger partial charge in [0.25, 0.3) is 0 Å². The van der Waals surface area contributed by atoms with Crippen molar-refractivity contribution < 1.29 is 4.79 Å². The molecule has 2 aliphatic heterocycles. The second-order valence-electron chi connectivity index (χ2n) is 7.93. The molecule has 2 fully saturated rings. The van der Waals surface area contributed by atoms with Crippen molar-refractivity contribution >= 4 is 18.3 Å². The third-order valence-electron chi connectivity index (χ3n) is 5.81. The Bertz CT molecular complexity index is 563. The largest absolute Gasteiger partial charge is 0.352 e. The van der Waals surface area contributed by atoms with Crippen LogP contribution in [0.25, 0.3) is 0 Å². The van der Waals surface area contributed by atoms with Crippen molar-refractivity contribution in [3.63, 3.8) is 0 Å². The number of nitrogens with one attached hydrogen (secondary N) is 2. The lowest BCUT2D eigenvalue weighted by molar-refractivity contribution is -0.126. The second kappa shape index (κ2) is 10.3. The Balaban J connectivity index is 0.00000243. The predicted molar refractivity (Wildman–Crippen MR) is 109 cm³/mol. The first-order valence-electron chi connectivity index (χ1n) is 9.95. The van der Waals surface area contributed by atoms with Crippen LogP contribution in [0.3, 0.4) is 0 Å². The number of nitrogens with zero attached hydrogens (tertiary/aromatic N) is 1. The summed E-state index contributed by atoms with van der Waals surface area (Å²) >= 11 is 0. The van der Waals surface area contributed by atoms with E-state index in [-0.39, 0.29) is 24.2 Å². The molecule has 0 bridgehead atoms. The zero-order valence-corrected chi connectivity index (χ0v) is 17.0. The van der Waals surface area contributed by atoms with Crippen LogP contribution in [0.1, 0.15) is 57.1 Å². The Kier molecular flexibility index (Phi) is 8.39. The minimum Gasteiger partial charge on any atom is -0.352 e. The summed E-state index contributed by atoms with van der Waals surface area (Å²) in [5.41, 5.74) is 2.56.